The van der Waals surface area contributed by atoms with Gasteiger partial charge in [0.15, 0.2) is 0 Å². The van der Waals surface area contributed by atoms with Crippen molar-refractivity contribution in [3.05, 3.63) is 23.5 Å². The number of H-pyrrole nitrogens is 1. The molecule has 0 fully saturated rings. The summed E-state index contributed by atoms with van der Waals surface area (Å²) >= 11 is 0. The van der Waals surface area contributed by atoms with Crippen LogP contribution in [0.3, 0.4) is 0 Å². The largest absolute Gasteiger partial charge is 1.00 e. The third kappa shape index (κ3) is 1.13. The maximum atomic E-state index is 10.9. The Balaban J connectivity index is 0.000000845. The first-order valence-electron chi connectivity index (χ1n) is 3.50. The molecule has 0 radical (unpaired) electrons. The van der Waals surface area contributed by atoms with E-state index in [1.165, 1.54) is 4.31 Å². The van der Waals surface area contributed by atoms with Gasteiger partial charge in [-0.3, -0.25) is 0 Å². The average Bonchev–Trinajstić information content (AvgIpc) is 2.37. The van der Waals surface area contributed by atoms with Crippen LogP contribution in [0.5, 0.6) is 0 Å². The Hall–Kier alpha value is -0.850. The average molecular weight is 188 g/mol. The van der Waals surface area contributed by atoms with Crippen LogP contribution in [0.2, 0.25) is 0 Å². The fourth-order valence-corrected chi connectivity index (χ4v) is 1.98. The lowest BCUT2D eigenvalue weighted by Gasteiger charge is -2.10. The van der Waals surface area contributed by atoms with Crippen molar-refractivity contribution in [3.63, 3.8) is 0 Å². The van der Waals surface area contributed by atoms with Crippen molar-refractivity contribution in [1.82, 2.24) is 9.29 Å². The van der Waals surface area contributed by atoms with E-state index in [-0.39, 0.29) is 1.43 Å². The summed E-state index contributed by atoms with van der Waals surface area (Å²) in [6, 6.07) is 0. The second-order valence-electron chi connectivity index (χ2n) is 2.82. The number of aromatic amines is 1. The summed E-state index contributed by atoms with van der Waals surface area (Å²) in [5.74, 6) is 0. The van der Waals surface area contributed by atoms with Crippen molar-refractivity contribution in [2.75, 3.05) is 0 Å². The van der Waals surface area contributed by atoms with Crippen molar-refractivity contribution in [1.29, 1.82) is 0 Å². The topological polar surface area (TPSA) is 79.2 Å². The van der Waals surface area contributed by atoms with Crippen molar-refractivity contribution < 1.29 is 9.84 Å². The molecule has 0 spiro atoms. The lowest BCUT2D eigenvalue weighted by atomic mass is 10.2. The molecule has 1 aromatic rings. The number of rotatable bonds is 1. The number of fused-ring (bicyclic) bond motifs is 1. The van der Waals surface area contributed by atoms with Gasteiger partial charge in [-0.25, -0.2) is 5.14 Å². The molecule has 1 aromatic heterocycles. The zero-order valence-electron chi connectivity index (χ0n) is 7.32. The van der Waals surface area contributed by atoms with Gasteiger partial charge >= 0.3 is 1.43 Å². The number of nitrogens with two attached hydrogens (primary N) is 1. The van der Waals surface area contributed by atoms with Gasteiger partial charge in [0.25, 0.3) is 10.2 Å². The van der Waals surface area contributed by atoms with Gasteiger partial charge in [-0.2, -0.15) is 12.7 Å². The maximum Gasteiger partial charge on any atom is 1.00 e. The van der Waals surface area contributed by atoms with E-state index in [0.29, 0.717) is 13.1 Å². The molecule has 1 aliphatic heterocycles. The van der Waals surface area contributed by atoms with E-state index in [1.54, 1.807) is 12.4 Å². The standard InChI is InChI=1S/C6H9N3O2S/c7-12(10,11)9-3-5-1-8-2-6(5)4-9/h1-2,8H,3-4H2,(H2,7,10,11)/p+1. The molecule has 1 aliphatic rings. The number of aromatic nitrogens is 1. The zero-order chi connectivity index (χ0) is 8.77. The van der Waals surface area contributed by atoms with Gasteiger partial charge < -0.3 is 4.98 Å². The predicted molar refractivity (Wildman–Crippen MR) is 44.3 cm³/mol. The van der Waals surface area contributed by atoms with Gasteiger partial charge in [-0.1, -0.05) is 0 Å². The van der Waals surface area contributed by atoms with E-state index >= 15 is 0 Å². The second-order valence-corrected chi connectivity index (χ2v) is 4.37. The lowest BCUT2D eigenvalue weighted by Crippen LogP contribution is -2.32. The smallest absolute Gasteiger partial charge is 0.367 e. The molecule has 0 atom stereocenters. The minimum atomic E-state index is -3.52. The maximum absolute atomic E-state index is 10.9. The normalized spacial score (nSPS) is 18.1. The Morgan fingerprint density at radius 2 is 1.92 bits per heavy atom. The van der Waals surface area contributed by atoms with Crippen LogP contribution in [-0.2, 0) is 23.3 Å². The quantitative estimate of drug-likeness (QED) is 0.631. The van der Waals surface area contributed by atoms with Gasteiger partial charge in [-0.05, 0) is 11.1 Å². The molecule has 0 saturated carbocycles. The second kappa shape index (κ2) is 2.32. The van der Waals surface area contributed by atoms with Crippen molar-refractivity contribution in [3.8, 4) is 0 Å². The Morgan fingerprint density at radius 1 is 1.42 bits per heavy atom. The van der Waals surface area contributed by atoms with E-state index in [2.05, 4.69) is 4.98 Å². The molecule has 2 heterocycles. The van der Waals surface area contributed by atoms with Crippen LogP contribution in [0.25, 0.3) is 0 Å². The van der Waals surface area contributed by atoms with E-state index in [4.69, 9.17) is 5.14 Å². The Bertz CT molecular complexity index is 379. The van der Waals surface area contributed by atoms with Crippen LogP contribution in [0.4, 0.5) is 0 Å². The van der Waals surface area contributed by atoms with Crippen LogP contribution in [-0.4, -0.2) is 17.7 Å². The molecule has 0 saturated heterocycles. The number of hydrogen-bond donors (Lipinski definition) is 2. The van der Waals surface area contributed by atoms with Gasteiger partial charge in [0.05, 0.1) is 0 Å². The Morgan fingerprint density at radius 3 is 2.33 bits per heavy atom. The van der Waals surface area contributed by atoms with Crippen LogP contribution in [0.15, 0.2) is 12.4 Å². The van der Waals surface area contributed by atoms with E-state index in [1.807, 2.05) is 0 Å². The molecule has 12 heavy (non-hydrogen) atoms. The summed E-state index contributed by atoms with van der Waals surface area (Å²) in [5, 5.41) is 4.97. The number of hydrogen-bond acceptors (Lipinski definition) is 2. The van der Waals surface area contributed by atoms with Crippen molar-refractivity contribution in [2.45, 2.75) is 13.1 Å². The highest BCUT2D eigenvalue weighted by Crippen LogP contribution is 2.22. The first kappa shape index (κ1) is 7.78. The SMILES string of the molecule is NS(=O)(=O)N1Cc2c[nH]cc2C1.[H+]. The molecule has 0 unspecified atom stereocenters. The highest BCUT2D eigenvalue weighted by molar-refractivity contribution is 7.86. The minimum absolute atomic E-state index is 0. The summed E-state index contributed by atoms with van der Waals surface area (Å²) in [6.07, 6.45) is 3.58. The van der Waals surface area contributed by atoms with Crippen LogP contribution >= 0.6 is 0 Å². The highest BCUT2D eigenvalue weighted by atomic mass is 32.2. The van der Waals surface area contributed by atoms with Crippen molar-refractivity contribution in [2.24, 2.45) is 5.14 Å². The summed E-state index contributed by atoms with van der Waals surface area (Å²) < 4.78 is 23.0. The van der Waals surface area contributed by atoms with Gasteiger partial charge in [0.1, 0.15) is 0 Å². The van der Waals surface area contributed by atoms with E-state index < -0.39 is 10.2 Å². The Labute approximate surface area is 71.8 Å². The molecular weight excluding hydrogens is 178 g/mol. The minimum Gasteiger partial charge on any atom is -0.367 e. The fourth-order valence-electron chi connectivity index (χ4n) is 1.34. The zero-order valence-corrected chi connectivity index (χ0v) is 7.13. The van der Waals surface area contributed by atoms with Crippen molar-refractivity contribution >= 4 is 10.2 Å². The summed E-state index contributed by atoms with van der Waals surface area (Å²) in [4.78, 5) is 2.91. The summed E-state index contributed by atoms with van der Waals surface area (Å²) in [7, 11) is -3.52. The van der Waals surface area contributed by atoms with Gasteiger partial charge in [-0.15, -0.1) is 0 Å². The predicted octanol–water partition coefficient (Wildman–Crippen LogP) is -0.354. The molecular formula is C6H10N3O2S+. The van der Waals surface area contributed by atoms with E-state index in [0.717, 1.165) is 11.1 Å². The molecule has 66 valence electrons. The molecule has 5 nitrogen and oxygen atoms in total. The Kier molecular flexibility index (Phi) is 1.50. The third-order valence-corrected chi connectivity index (χ3v) is 2.96. The molecule has 2 rings (SSSR count). The van der Waals surface area contributed by atoms with Gasteiger partial charge in [0.2, 0.25) is 0 Å². The number of nitrogens with one attached hydrogen (secondary N) is 1. The summed E-state index contributed by atoms with van der Waals surface area (Å²) in [6.45, 7) is 0.773. The van der Waals surface area contributed by atoms with Crippen LogP contribution in [0.1, 0.15) is 12.6 Å². The molecule has 0 aromatic carbocycles. The monoisotopic (exact) mass is 188 g/mol. The van der Waals surface area contributed by atoms with Crippen LogP contribution < -0.4 is 5.14 Å². The number of nitrogens with zero attached hydrogens (tertiary/aromatic N) is 1. The van der Waals surface area contributed by atoms with E-state index in [9.17, 15) is 8.42 Å². The highest BCUT2D eigenvalue weighted by Gasteiger charge is 2.26. The van der Waals surface area contributed by atoms with Crippen LogP contribution in [0, 0.1) is 0 Å². The first-order valence-corrected chi connectivity index (χ1v) is 5.00. The molecule has 0 aliphatic carbocycles. The fraction of sp³-hybridized carbons (Fsp3) is 0.333. The first-order chi connectivity index (χ1) is 5.57. The third-order valence-electron chi connectivity index (χ3n) is 1.98. The summed E-state index contributed by atoms with van der Waals surface area (Å²) in [5.41, 5.74) is 2.01. The molecule has 3 N–H and O–H groups in total. The van der Waals surface area contributed by atoms with Gasteiger partial charge in [0, 0.05) is 25.5 Å². The lowest BCUT2D eigenvalue weighted by molar-refractivity contribution is 0.431. The molecule has 6 heteroatoms. The molecule has 0 bridgehead atoms. The molecule has 0 amide bonds.